The molecule has 11 nitrogen and oxygen atoms in total. The van der Waals surface area contributed by atoms with Crippen molar-refractivity contribution in [3.05, 3.63) is 51.8 Å². The third-order valence-electron chi connectivity index (χ3n) is 6.53. The number of carbonyl (C=O) groups is 1. The van der Waals surface area contributed by atoms with Gasteiger partial charge in [0.25, 0.3) is 5.17 Å². The molecule has 3 heterocycles. The summed E-state index contributed by atoms with van der Waals surface area (Å²) in [5.74, 6) is -1.70. The zero-order chi connectivity index (χ0) is 26.7. The molecule has 2 fully saturated rings. The lowest BCUT2D eigenvalue weighted by atomic mass is 10.1. The molecular formula is C23H28F2N6O5S. The maximum Gasteiger partial charge on any atom is 0.433 e. The first-order chi connectivity index (χ1) is 17.7. The molecule has 200 valence electrons. The van der Waals surface area contributed by atoms with Crippen LogP contribution in [0, 0.1) is 27.7 Å². The van der Waals surface area contributed by atoms with E-state index in [0.29, 0.717) is 45.0 Å². The molecule has 0 bridgehead atoms. The Kier molecular flexibility index (Phi) is 8.19. The first kappa shape index (κ1) is 26.7. The molecule has 0 spiro atoms. The van der Waals surface area contributed by atoms with Gasteiger partial charge in [-0.25, -0.2) is 18.8 Å². The second-order valence-electron chi connectivity index (χ2n) is 8.96. The minimum atomic E-state index is -0.748. The minimum Gasteiger partial charge on any atom is -0.474 e. The fourth-order valence-corrected chi connectivity index (χ4v) is 4.64. The summed E-state index contributed by atoms with van der Waals surface area (Å²) in [6.45, 7) is 2.56. The quantitative estimate of drug-likeness (QED) is 0.321. The van der Waals surface area contributed by atoms with Crippen LogP contribution in [0.15, 0.2) is 28.7 Å². The van der Waals surface area contributed by atoms with Crippen LogP contribution in [-0.4, -0.2) is 79.4 Å². The van der Waals surface area contributed by atoms with E-state index in [2.05, 4.69) is 5.32 Å². The van der Waals surface area contributed by atoms with E-state index >= 15 is 8.78 Å². The van der Waals surface area contributed by atoms with E-state index in [9.17, 15) is 14.9 Å². The van der Waals surface area contributed by atoms with E-state index in [-0.39, 0.29) is 47.2 Å². The number of benzene rings is 1. The lowest BCUT2D eigenvalue weighted by molar-refractivity contribution is -0.402. The van der Waals surface area contributed by atoms with Gasteiger partial charge in [-0.15, -0.1) is 0 Å². The summed E-state index contributed by atoms with van der Waals surface area (Å²) in [5.41, 5.74) is 0.0245. The number of nitrogens with zero attached hydrogens (tertiary/aromatic N) is 5. The van der Waals surface area contributed by atoms with Crippen LogP contribution < -0.4 is 15.1 Å². The Morgan fingerprint density at radius 3 is 2.59 bits per heavy atom. The predicted molar refractivity (Wildman–Crippen MR) is 135 cm³/mol. The Bertz CT molecular complexity index is 1160. The number of carbonyl (C=O) groups excluding carboxylic acids is 1. The maximum absolute atomic E-state index is 15.3. The summed E-state index contributed by atoms with van der Waals surface area (Å²) in [7, 11) is 3.28. The van der Waals surface area contributed by atoms with Crippen molar-refractivity contribution < 1.29 is 27.7 Å². The van der Waals surface area contributed by atoms with Crippen LogP contribution in [0.3, 0.4) is 0 Å². The van der Waals surface area contributed by atoms with Crippen molar-refractivity contribution in [2.45, 2.75) is 13.0 Å². The van der Waals surface area contributed by atoms with Gasteiger partial charge in [-0.2, -0.15) is 0 Å². The summed E-state index contributed by atoms with van der Waals surface area (Å²) >= 11 is 4.95. The summed E-state index contributed by atoms with van der Waals surface area (Å²) in [6.07, 6.45) is 0.234. The van der Waals surface area contributed by atoms with Crippen molar-refractivity contribution in [2.75, 3.05) is 63.2 Å². The molecule has 1 aromatic carbocycles. The zero-order valence-electron chi connectivity index (χ0n) is 20.5. The van der Waals surface area contributed by atoms with E-state index in [1.54, 1.807) is 11.0 Å². The van der Waals surface area contributed by atoms with Crippen LogP contribution in [0.2, 0.25) is 0 Å². The number of hydrogen-bond acceptors (Lipinski definition) is 9. The second kappa shape index (κ2) is 11.4. The average molecular weight is 539 g/mol. The van der Waals surface area contributed by atoms with Crippen molar-refractivity contribution >= 4 is 40.6 Å². The van der Waals surface area contributed by atoms with Crippen LogP contribution in [0.25, 0.3) is 0 Å². The smallest absolute Gasteiger partial charge is 0.433 e. The molecule has 37 heavy (non-hydrogen) atoms. The summed E-state index contributed by atoms with van der Waals surface area (Å²) in [6, 6.07) is 5.23. The highest BCUT2D eigenvalue weighted by molar-refractivity contribution is 7.80. The molecule has 4 rings (SSSR count). The van der Waals surface area contributed by atoms with Crippen molar-refractivity contribution in [2.24, 2.45) is 5.92 Å². The third-order valence-corrected chi connectivity index (χ3v) is 6.84. The molecule has 2 saturated heterocycles. The Balaban J connectivity index is 1.43. The fraction of sp³-hybridized carbons (Fsp3) is 0.478. The molecule has 1 atom stereocenters. The van der Waals surface area contributed by atoms with Crippen LogP contribution >= 0.6 is 12.2 Å². The van der Waals surface area contributed by atoms with E-state index in [0.717, 1.165) is 0 Å². The number of nitrogens with one attached hydrogen (secondary N) is 1. The molecule has 14 heteroatoms. The van der Waals surface area contributed by atoms with Gasteiger partial charge in [-0.1, -0.05) is 0 Å². The number of thiocarbonyl (C=S) groups is 1. The van der Waals surface area contributed by atoms with E-state index in [1.165, 1.54) is 30.2 Å². The van der Waals surface area contributed by atoms with Gasteiger partial charge in [0.1, 0.15) is 16.4 Å². The average Bonchev–Trinajstić information content (AvgIpc) is 3.44. The monoisotopic (exact) mass is 538 g/mol. The van der Waals surface area contributed by atoms with Gasteiger partial charge < -0.3 is 24.3 Å². The summed E-state index contributed by atoms with van der Waals surface area (Å²) < 4.78 is 40.6. The number of hydrogen-bond donors (Lipinski definition) is 1. The van der Waals surface area contributed by atoms with Gasteiger partial charge in [0.05, 0.1) is 19.7 Å². The van der Waals surface area contributed by atoms with Crippen LogP contribution in [0.4, 0.5) is 26.0 Å². The summed E-state index contributed by atoms with van der Waals surface area (Å²) in [4.78, 5) is 25.8. The highest BCUT2D eigenvalue weighted by Crippen LogP contribution is 2.32. The molecule has 0 radical (unpaired) electrons. The zero-order valence-corrected chi connectivity index (χ0v) is 21.3. The lowest BCUT2D eigenvalue weighted by Crippen LogP contribution is -2.40. The Morgan fingerprint density at radius 1 is 1.24 bits per heavy atom. The van der Waals surface area contributed by atoms with Gasteiger partial charge in [0.2, 0.25) is 5.91 Å². The number of nitro groups is 1. The number of hydrazine groups is 1. The van der Waals surface area contributed by atoms with Gasteiger partial charge in [0.15, 0.2) is 11.6 Å². The lowest BCUT2D eigenvalue weighted by Gasteiger charge is -2.28. The molecule has 1 amide bonds. The van der Waals surface area contributed by atoms with Gasteiger partial charge in [-0.05, 0) is 30.4 Å². The Labute approximate surface area is 217 Å². The molecule has 2 aromatic rings. The third kappa shape index (κ3) is 6.14. The maximum atomic E-state index is 15.3. The van der Waals surface area contributed by atoms with Crippen LogP contribution in [-0.2, 0) is 16.1 Å². The second-order valence-corrected chi connectivity index (χ2v) is 9.33. The van der Waals surface area contributed by atoms with E-state index in [4.69, 9.17) is 21.4 Å². The van der Waals surface area contributed by atoms with Crippen molar-refractivity contribution in [1.82, 2.24) is 15.3 Å². The number of ether oxygens (including phenoxy) is 1. The number of furan rings is 1. The molecule has 2 aliphatic rings. The Morgan fingerprint density at radius 2 is 1.95 bits per heavy atom. The highest BCUT2D eigenvalue weighted by Gasteiger charge is 2.32. The minimum absolute atomic E-state index is 0.0749. The highest BCUT2D eigenvalue weighted by atomic mass is 32.1. The van der Waals surface area contributed by atoms with E-state index in [1.807, 2.05) is 17.1 Å². The standard InChI is InChI=1S/C23H28F2N6O5S/c1-27-5-6-28(7-8-29(27)14-17-3-4-21(36-17)31(33)34)22-18(24)10-16(11-19(22)25)30-13-15(9-20(30)32)12-26-23(37)35-2/h3-4,10-11,15H,5-9,12-14H2,1-2H3,(H,26,37)/t15-/m0/s1. The van der Waals surface area contributed by atoms with Gasteiger partial charge in [-0.3, -0.25) is 14.9 Å². The molecular weight excluding hydrogens is 510 g/mol. The van der Waals surface area contributed by atoms with Crippen molar-refractivity contribution in [3.63, 3.8) is 0 Å². The van der Waals surface area contributed by atoms with E-state index < -0.39 is 16.6 Å². The van der Waals surface area contributed by atoms with Crippen LogP contribution in [0.5, 0.6) is 0 Å². The number of rotatable bonds is 7. The SMILES string of the molecule is COC(=S)NC[C@@H]1CC(=O)N(c2cc(F)c(N3CCN(C)N(Cc4ccc([N+](=O)[O-])o4)CC3)c(F)c2)C1. The number of anilines is 2. The normalized spacial score (nSPS) is 19.2. The first-order valence-electron chi connectivity index (χ1n) is 11.7. The molecule has 1 aromatic heterocycles. The number of methoxy groups -OCH3 is 1. The van der Waals surface area contributed by atoms with Crippen molar-refractivity contribution in [3.8, 4) is 0 Å². The van der Waals surface area contributed by atoms with Crippen molar-refractivity contribution in [1.29, 1.82) is 0 Å². The topological polar surface area (TPSA) is 108 Å². The number of likely N-dealkylation sites (N-methyl/N-ethyl adjacent to an activating group) is 1. The Hall–Kier alpha value is -3.36. The van der Waals surface area contributed by atoms with Gasteiger partial charge in [0, 0.05) is 64.3 Å². The molecule has 0 unspecified atom stereocenters. The molecule has 0 aliphatic carbocycles. The number of halogens is 2. The fourth-order valence-electron chi connectivity index (χ4n) is 4.56. The predicted octanol–water partition coefficient (Wildman–Crippen LogP) is 2.51. The largest absolute Gasteiger partial charge is 0.474 e. The summed E-state index contributed by atoms with van der Waals surface area (Å²) in [5, 5.41) is 17.8. The number of amides is 1. The first-order valence-corrected chi connectivity index (χ1v) is 12.1. The molecule has 1 N–H and O–H groups in total. The molecule has 2 aliphatic heterocycles. The molecule has 0 saturated carbocycles. The van der Waals surface area contributed by atoms with Gasteiger partial charge >= 0.3 is 5.88 Å². The van der Waals surface area contributed by atoms with Crippen LogP contribution in [0.1, 0.15) is 12.2 Å².